The highest BCUT2D eigenvalue weighted by Gasteiger charge is 2.40. The molecular weight excluding hydrogens is 382 g/mol. The Balaban J connectivity index is 2.00. The van der Waals surface area contributed by atoms with E-state index in [1.54, 1.807) is 24.3 Å². The van der Waals surface area contributed by atoms with Gasteiger partial charge in [0.15, 0.2) is 0 Å². The zero-order chi connectivity index (χ0) is 19.4. The molecule has 0 fully saturated rings. The molecule has 4 nitrogen and oxygen atoms in total. The van der Waals surface area contributed by atoms with Crippen molar-refractivity contribution < 1.29 is 14.3 Å². The first kappa shape index (κ1) is 19.5. The molecule has 2 amide bonds. The minimum atomic E-state index is -0.355. The first-order valence-corrected chi connectivity index (χ1v) is 10.2. The van der Waals surface area contributed by atoms with Gasteiger partial charge in [0.25, 0.3) is 11.8 Å². The van der Waals surface area contributed by atoms with E-state index in [4.69, 9.17) is 16.3 Å². The van der Waals surface area contributed by atoms with Crippen LogP contribution in [0.4, 0.5) is 5.69 Å². The van der Waals surface area contributed by atoms with Crippen molar-refractivity contribution in [3.8, 4) is 5.75 Å². The van der Waals surface area contributed by atoms with Gasteiger partial charge in [0.2, 0.25) is 0 Å². The Labute approximate surface area is 168 Å². The van der Waals surface area contributed by atoms with Crippen molar-refractivity contribution in [2.24, 2.45) is 0 Å². The Bertz CT molecular complexity index is 893. The standard InChI is InChI=1S/C21H20ClNO3S/c1-3-13-26-15-11-9-14(10-12-15)18-19(27-4-2)21(25)23(20(18)24)17-8-6-5-7-16(17)22/h5-12H,3-4,13H2,1-2H3. The average Bonchev–Trinajstić information content (AvgIpc) is 2.91. The molecule has 2 aromatic rings. The number of para-hydroxylation sites is 1. The molecule has 0 spiro atoms. The first-order valence-electron chi connectivity index (χ1n) is 8.82. The third-order valence-corrected chi connectivity index (χ3v) is 5.31. The summed E-state index contributed by atoms with van der Waals surface area (Å²) >= 11 is 7.60. The number of ether oxygens (including phenoxy) is 1. The van der Waals surface area contributed by atoms with Crippen LogP contribution in [0.15, 0.2) is 53.4 Å². The van der Waals surface area contributed by atoms with E-state index >= 15 is 0 Å². The number of hydrogen-bond acceptors (Lipinski definition) is 4. The number of halogens is 1. The number of amides is 2. The molecule has 0 saturated heterocycles. The van der Waals surface area contributed by atoms with Gasteiger partial charge in [-0.1, -0.05) is 49.7 Å². The Morgan fingerprint density at radius 2 is 1.70 bits per heavy atom. The molecule has 0 atom stereocenters. The second-order valence-electron chi connectivity index (χ2n) is 5.91. The van der Waals surface area contributed by atoms with E-state index in [1.165, 1.54) is 11.8 Å². The van der Waals surface area contributed by atoms with Crippen LogP contribution in [-0.4, -0.2) is 24.2 Å². The zero-order valence-electron chi connectivity index (χ0n) is 15.2. The average molecular weight is 402 g/mol. The van der Waals surface area contributed by atoms with Crippen molar-refractivity contribution in [2.45, 2.75) is 20.3 Å². The summed E-state index contributed by atoms with van der Waals surface area (Å²) in [6.45, 7) is 4.63. The van der Waals surface area contributed by atoms with E-state index in [2.05, 4.69) is 0 Å². The lowest BCUT2D eigenvalue weighted by molar-refractivity contribution is -0.119. The second-order valence-corrected chi connectivity index (χ2v) is 7.59. The smallest absolute Gasteiger partial charge is 0.272 e. The minimum absolute atomic E-state index is 0.332. The largest absolute Gasteiger partial charge is 0.494 e. The van der Waals surface area contributed by atoms with Crippen molar-refractivity contribution in [1.29, 1.82) is 0 Å². The predicted octanol–water partition coefficient (Wildman–Crippen LogP) is 5.17. The van der Waals surface area contributed by atoms with Gasteiger partial charge in [0, 0.05) is 0 Å². The number of anilines is 1. The fourth-order valence-electron chi connectivity index (χ4n) is 2.83. The second kappa shape index (κ2) is 8.63. The Kier molecular flexibility index (Phi) is 6.24. The van der Waals surface area contributed by atoms with Crippen LogP contribution in [-0.2, 0) is 9.59 Å². The van der Waals surface area contributed by atoms with Gasteiger partial charge in [-0.25, -0.2) is 4.90 Å². The Morgan fingerprint density at radius 1 is 1.00 bits per heavy atom. The van der Waals surface area contributed by atoms with Gasteiger partial charge in [0.1, 0.15) is 5.75 Å². The summed E-state index contributed by atoms with van der Waals surface area (Å²) in [7, 11) is 0. The SMILES string of the molecule is CCCOc1ccc(C2=C(SCC)C(=O)N(c3ccccc3Cl)C2=O)cc1. The summed E-state index contributed by atoms with van der Waals surface area (Å²) in [6.07, 6.45) is 0.921. The summed E-state index contributed by atoms with van der Waals surface area (Å²) in [4.78, 5) is 27.8. The molecule has 3 rings (SSSR count). The number of hydrogen-bond donors (Lipinski definition) is 0. The molecule has 0 aliphatic carbocycles. The molecule has 6 heteroatoms. The highest BCUT2D eigenvalue weighted by atomic mass is 35.5. The maximum atomic E-state index is 13.2. The summed E-state index contributed by atoms with van der Waals surface area (Å²) < 4.78 is 5.60. The lowest BCUT2D eigenvalue weighted by Crippen LogP contribution is -2.31. The van der Waals surface area contributed by atoms with Gasteiger partial charge in [-0.2, -0.15) is 0 Å². The number of rotatable bonds is 7. The fraction of sp³-hybridized carbons (Fsp3) is 0.238. The van der Waals surface area contributed by atoms with Gasteiger partial charge in [-0.3, -0.25) is 9.59 Å². The van der Waals surface area contributed by atoms with E-state index in [0.717, 1.165) is 17.1 Å². The monoisotopic (exact) mass is 401 g/mol. The molecular formula is C21H20ClNO3S. The maximum Gasteiger partial charge on any atom is 0.272 e. The summed E-state index contributed by atoms with van der Waals surface area (Å²) in [6, 6.07) is 14.1. The maximum absolute atomic E-state index is 13.2. The highest BCUT2D eigenvalue weighted by Crippen LogP contribution is 2.40. The van der Waals surface area contributed by atoms with Crippen LogP contribution in [0.25, 0.3) is 5.57 Å². The van der Waals surface area contributed by atoms with Crippen molar-refractivity contribution in [3.63, 3.8) is 0 Å². The molecule has 0 saturated carbocycles. The normalized spacial score (nSPS) is 14.3. The molecule has 140 valence electrons. The number of carbonyl (C=O) groups excluding carboxylic acids is 2. The quantitative estimate of drug-likeness (QED) is 0.600. The van der Waals surface area contributed by atoms with Gasteiger partial charge in [-0.15, -0.1) is 11.8 Å². The number of nitrogens with zero attached hydrogens (tertiary/aromatic N) is 1. The van der Waals surface area contributed by atoms with E-state index in [9.17, 15) is 9.59 Å². The number of thioether (sulfide) groups is 1. The summed E-state index contributed by atoms with van der Waals surface area (Å²) in [5.41, 5.74) is 1.51. The van der Waals surface area contributed by atoms with Crippen LogP contribution in [0.5, 0.6) is 5.75 Å². The molecule has 0 unspecified atom stereocenters. The van der Waals surface area contributed by atoms with Gasteiger partial charge >= 0.3 is 0 Å². The van der Waals surface area contributed by atoms with Crippen LogP contribution in [0, 0.1) is 0 Å². The molecule has 27 heavy (non-hydrogen) atoms. The fourth-order valence-corrected chi connectivity index (χ4v) is 3.91. The molecule has 0 N–H and O–H groups in total. The van der Waals surface area contributed by atoms with Crippen molar-refractivity contribution >= 4 is 46.4 Å². The van der Waals surface area contributed by atoms with Crippen LogP contribution in [0.3, 0.4) is 0 Å². The van der Waals surface area contributed by atoms with E-state index in [0.29, 0.717) is 39.1 Å². The van der Waals surface area contributed by atoms with E-state index in [-0.39, 0.29) is 11.8 Å². The molecule has 0 radical (unpaired) electrons. The van der Waals surface area contributed by atoms with Crippen molar-refractivity contribution in [1.82, 2.24) is 0 Å². The summed E-state index contributed by atoms with van der Waals surface area (Å²) in [5.74, 6) is 0.740. The third-order valence-electron chi connectivity index (χ3n) is 4.04. The van der Waals surface area contributed by atoms with E-state index < -0.39 is 0 Å². The molecule has 1 aliphatic heterocycles. The lowest BCUT2D eigenvalue weighted by atomic mass is 10.1. The molecule has 1 heterocycles. The van der Waals surface area contributed by atoms with Gasteiger partial charge < -0.3 is 4.74 Å². The third kappa shape index (κ3) is 3.89. The minimum Gasteiger partial charge on any atom is -0.494 e. The lowest BCUT2D eigenvalue weighted by Gasteiger charge is -2.16. The van der Waals surface area contributed by atoms with Gasteiger partial charge in [0.05, 0.1) is 27.8 Å². The van der Waals surface area contributed by atoms with Crippen LogP contribution in [0.1, 0.15) is 25.8 Å². The molecule has 1 aliphatic rings. The number of imide groups is 1. The Morgan fingerprint density at radius 3 is 2.33 bits per heavy atom. The van der Waals surface area contributed by atoms with E-state index in [1.807, 2.05) is 38.1 Å². The number of benzene rings is 2. The van der Waals surface area contributed by atoms with Crippen LogP contribution >= 0.6 is 23.4 Å². The molecule has 0 aromatic heterocycles. The van der Waals surface area contributed by atoms with Crippen LogP contribution < -0.4 is 9.64 Å². The first-order chi connectivity index (χ1) is 13.1. The predicted molar refractivity (Wildman–Crippen MR) is 111 cm³/mol. The number of carbonyl (C=O) groups is 2. The summed E-state index contributed by atoms with van der Waals surface area (Å²) in [5, 5.41) is 0.365. The topological polar surface area (TPSA) is 46.6 Å². The zero-order valence-corrected chi connectivity index (χ0v) is 16.8. The molecule has 0 bridgehead atoms. The van der Waals surface area contributed by atoms with Crippen molar-refractivity contribution in [2.75, 3.05) is 17.3 Å². The van der Waals surface area contributed by atoms with Gasteiger partial charge in [-0.05, 0) is 42.0 Å². The van der Waals surface area contributed by atoms with Crippen molar-refractivity contribution in [3.05, 3.63) is 64.0 Å². The van der Waals surface area contributed by atoms with Crippen LogP contribution in [0.2, 0.25) is 5.02 Å². The Hall–Kier alpha value is -2.24. The molecule has 2 aromatic carbocycles. The highest BCUT2D eigenvalue weighted by molar-refractivity contribution is 8.04.